The van der Waals surface area contributed by atoms with E-state index in [2.05, 4.69) is 15.3 Å². The van der Waals surface area contributed by atoms with E-state index < -0.39 is 0 Å². The minimum Gasteiger partial charge on any atom is -0.493 e. The van der Waals surface area contributed by atoms with Crippen LogP contribution in [0.25, 0.3) is 0 Å². The number of carbonyl (C=O) groups excluding carboxylic acids is 1. The van der Waals surface area contributed by atoms with E-state index in [1.54, 1.807) is 26.6 Å². The smallest absolute Gasteiger partial charge is 0.226 e. The first-order valence-electron chi connectivity index (χ1n) is 8.61. The Balaban J connectivity index is 1.48. The number of aromatic nitrogens is 2. The number of ether oxygens (including phenoxy) is 3. The Bertz CT molecular complexity index is 915. The number of rotatable bonds is 9. The van der Waals surface area contributed by atoms with Crippen LogP contribution in [0.5, 0.6) is 17.2 Å². The summed E-state index contributed by atoms with van der Waals surface area (Å²) in [6.07, 6.45) is 3.56. The van der Waals surface area contributed by atoms with Gasteiger partial charge in [0.1, 0.15) is 17.4 Å². The van der Waals surface area contributed by atoms with E-state index in [-0.39, 0.29) is 12.3 Å². The summed E-state index contributed by atoms with van der Waals surface area (Å²) in [5.74, 6) is 1.87. The first kappa shape index (κ1) is 19.6. The Hall–Kier alpha value is -3.13. The lowest BCUT2D eigenvalue weighted by atomic mass is 10.2. The van der Waals surface area contributed by atoms with Gasteiger partial charge >= 0.3 is 0 Å². The maximum absolute atomic E-state index is 12.2. The molecule has 0 aliphatic rings. The first-order chi connectivity index (χ1) is 13.7. The zero-order valence-corrected chi connectivity index (χ0v) is 16.5. The highest BCUT2D eigenvalue weighted by Gasteiger charge is 2.10. The summed E-state index contributed by atoms with van der Waals surface area (Å²) in [6, 6.07) is 9.19. The fourth-order valence-corrected chi connectivity index (χ4v) is 3.20. The summed E-state index contributed by atoms with van der Waals surface area (Å²) >= 11 is 1.47. The summed E-state index contributed by atoms with van der Waals surface area (Å²) in [5.41, 5.74) is 1.65. The van der Waals surface area contributed by atoms with Gasteiger partial charge in [0.25, 0.3) is 0 Å². The maximum atomic E-state index is 12.2. The average molecular weight is 399 g/mol. The topological polar surface area (TPSA) is 82.6 Å². The number of nitrogens with zero attached hydrogens (tertiary/aromatic N) is 2. The monoisotopic (exact) mass is 399 g/mol. The van der Waals surface area contributed by atoms with Crippen molar-refractivity contribution in [2.45, 2.75) is 19.6 Å². The van der Waals surface area contributed by atoms with E-state index in [4.69, 9.17) is 14.2 Å². The molecule has 0 unspecified atom stereocenters. The Kier molecular flexibility index (Phi) is 6.80. The van der Waals surface area contributed by atoms with E-state index in [9.17, 15) is 4.79 Å². The van der Waals surface area contributed by atoms with E-state index in [0.29, 0.717) is 30.4 Å². The number of hydrogen-bond donors (Lipinski definition) is 1. The van der Waals surface area contributed by atoms with Crippen LogP contribution < -0.4 is 19.5 Å². The molecule has 8 heteroatoms. The molecular formula is C20H21N3O4S. The van der Waals surface area contributed by atoms with Crippen LogP contribution in [-0.4, -0.2) is 30.1 Å². The van der Waals surface area contributed by atoms with Crippen LogP contribution in [0.1, 0.15) is 16.3 Å². The summed E-state index contributed by atoms with van der Waals surface area (Å²) in [7, 11) is 3.17. The van der Waals surface area contributed by atoms with Gasteiger partial charge in [0.15, 0.2) is 11.5 Å². The lowest BCUT2D eigenvalue weighted by Gasteiger charge is -2.10. The second-order valence-electron chi connectivity index (χ2n) is 5.85. The van der Waals surface area contributed by atoms with Gasteiger partial charge in [-0.05, 0) is 29.8 Å². The number of benzene rings is 1. The second kappa shape index (κ2) is 9.70. The zero-order chi connectivity index (χ0) is 19.8. The van der Waals surface area contributed by atoms with E-state index in [1.165, 1.54) is 11.3 Å². The molecule has 0 atom stereocenters. The Morgan fingerprint density at radius 2 is 2.04 bits per heavy atom. The molecule has 0 radical (unpaired) electrons. The average Bonchev–Trinajstić information content (AvgIpc) is 3.18. The van der Waals surface area contributed by atoms with Gasteiger partial charge in [-0.1, -0.05) is 6.07 Å². The lowest BCUT2D eigenvalue weighted by Crippen LogP contribution is -2.24. The van der Waals surface area contributed by atoms with Gasteiger partial charge in [-0.3, -0.25) is 9.78 Å². The number of amides is 1. The molecule has 0 fully saturated rings. The molecule has 0 aliphatic heterocycles. The predicted octanol–water partition coefficient (Wildman–Crippen LogP) is 2.99. The van der Waals surface area contributed by atoms with Gasteiger partial charge in [-0.2, -0.15) is 0 Å². The number of thiazole rings is 1. The molecule has 0 aliphatic carbocycles. The number of pyridine rings is 1. The summed E-state index contributed by atoms with van der Waals surface area (Å²) in [4.78, 5) is 20.7. The highest BCUT2D eigenvalue weighted by molar-refractivity contribution is 7.09. The second-order valence-corrected chi connectivity index (χ2v) is 6.80. The number of nitrogens with one attached hydrogen (secondary N) is 1. The molecule has 28 heavy (non-hydrogen) atoms. The van der Waals surface area contributed by atoms with Crippen LogP contribution in [0.15, 0.2) is 48.1 Å². The summed E-state index contributed by atoms with van der Waals surface area (Å²) in [6.45, 7) is 0.754. The van der Waals surface area contributed by atoms with Gasteiger partial charge in [-0.15, -0.1) is 11.3 Å². The quantitative estimate of drug-likeness (QED) is 0.596. The molecule has 1 amide bonds. The molecule has 0 saturated carbocycles. The molecular weight excluding hydrogens is 378 g/mol. The lowest BCUT2D eigenvalue weighted by molar-refractivity contribution is -0.120. The van der Waals surface area contributed by atoms with Crippen LogP contribution in [0.2, 0.25) is 0 Å². The van der Waals surface area contributed by atoms with Crippen molar-refractivity contribution < 1.29 is 19.0 Å². The van der Waals surface area contributed by atoms with Crippen molar-refractivity contribution in [3.63, 3.8) is 0 Å². The largest absolute Gasteiger partial charge is 0.493 e. The first-order valence-corrected chi connectivity index (χ1v) is 9.49. The third kappa shape index (κ3) is 5.43. The van der Waals surface area contributed by atoms with Crippen molar-refractivity contribution in [1.29, 1.82) is 0 Å². The molecule has 1 N–H and O–H groups in total. The molecule has 0 bridgehead atoms. The van der Waals surface area contributed by atoms with Gasteiger partial charge < -0.3 is 19.5 Å². The van der Waals surface area contributed by atoms with Crippen molar-refractivity contribution in [2.24, 2.45) is 0 Å². The van der Waals surface area contributed by atoms with Gasteiger partial charge in [-0.25, -0.2) is 4.98 Å². The minimum absolute atomic E-state index is 0.0974. The fourth-order valence-electron chi connectivity index (χ4n) is 2.49. The zero-order valence-electron chi connectivity index (χ0n) is 15.7. The molecule has 0 saturated heterocycles. The Morgan fingerprint density at radius 1 is 1.18 bits per heavy atom. The van der Waals surface area contributed by atoms with Gasteiger partial charge in [0, 0.05) is 18.1 Å². The molecule has 2 aromatic heterocycles. The van der Waals surface area contributed by atoms with Gasteiger partial charge in [0.2, 0.25) is 5.91 Å². The van der Waals surface area contributed by atoms with Gasteiger partial charge in [0.05, 0.1) is 32.5 Å². The van der Waals surface area contributed by atoms with Crippen molar-refractivity contribution in [3.8, 4) is 17.2 Å². The molecule has 3 rings (SSSR count). The predicted molar refractivity (Wildman–Crippen MR) is 106 cm³/mol. The molecule has 2 heterocycles. The van der Waals surface area contributed by atoms with Crippen molar-refractivity contribution in [3.05, 3.63) is 64.4 Å². The van der Waals surface area contributed by atoms with Crippen LogP contribution in [-0.2, 0) is 24.4 Å². The SMILES string of the molecule is COc1ccc(CNC(=O)Cc2csc(COc3cccnc3)n2)cc1OC. The number of methoxy groups -OCH3 is 2. The normalized spacial score (nSPS) is 10.4. The van der Waals surface area contributed by atoms with Crippen molar-refractivity contribution in [1.82, 2.24) is 15.3 Å². The van der Waals surface area contributed by atoms with E-state index >= 15 is 0 Å². The number of carbonyl (C=O) groups is 1. The molecule has 1 aromatic carbocycles. The Labute approximate surface area is 167 Å². The van der Waals surface area contributed by atoms with Crippen LogP contribution in [0.3, 0.4) is 0 Å². The molecule has 7 nitrogen and oxygen atoms in total. The fraction of sp³-hybridized carbons (Fsp3) is 0.250. The van der Waals surface area contributed by atoms with E-state index in [1.807, 2.05) is 35.7 Å². The highest BCUT2D eigenvalue weighted by Crippen LogP contribution is 2.27. The summed E-state index contributed by atoms with van der Waals surface area (Å²) in [5, 5.41) is 5.58. The molecule has 146 valence electrons. The molecule has 3 aromatic rings. The minimum atomic E-state index is -0.0974. The number of hydrogen-bond acceptors (Lipinski definition) is 7. The third-order valence-corrected chi connectivity index (χ3v) is 4.75. The van der Waals surface area contributed by atoms with E-state index in [0.717, 1.165) is 16.3 Å². The maximum Gasteiger partial charge on any atom is 0.226 e. The van der Waals surface area contributed by atoms with Crippen LogP contribution in [0, 0.1) is 0 Å². The Morgan fingerprint density at radius 3 is 2.79 bits per heavy atom. The third-order valence-electron chi connectivity index (χ3n) is 3.88. The standard InChI is InChI=1S/C20H21N3O4S/c1-25-17-6-5-14(8-18(17)26-2)10-22-19(24)9-15-13-28-20(23-15)12-27-16-4-3-7-21-11-16/h3-8,11,13H,9-10,12H2,1-2H3,(H,22,24). The van der Waals surface area contributed by atoms with Crippen LogP contribution >= 0.6 is 11.3 Å². The van der Waals surface area contributed by atoms with Crippen LogP contribution in [0.4, 0.5) is 0 Å². The van der Waals surface area contributed by atoms with Crippen molar-refractivity contribution in [2.75, 3.05) is 14.2 Å². The van der Waals surface area contributed by atoms with Crippen molar-refractivity contribution >= 4 is 17.2 Å². The highest BCUT2D eigenvalue weighted by atomic mass is 32.1. The molecule has 0 spiro atoms. The summed E-state index contributed by atoms with van der Waals surface area (Å²) < 4.78 is 16.1.